The summed E-state index contributed by atoms with van der Waals surface area (Å²) in [6, 6.07) is 6.18. The van der Waals surface area contributed by atoms with Crippen LogP contribution in [0.1, 0.15) is 27.6 Å². The summed E-state index contributed by atoms with van der Waals surface area (Å²) in [4.78, 5) is 60.7. The second-order valence-electron chi connectivity index (χ2n) is 4.82. The van der Waals surface area contributed by atoms with Crippen molar-refractivity contribution in [2.75, 3.05) is 20.2 Å². The van der Waals surface area contributed by atoms with Crippen LogP contribution in [0.2, 0.25) is 0 Å². The van der Waals surface area contributed by atoms with Crippen LogP contribution in [0.4, 0.5) is 0 Å². The highest BCUT2D eigenvalue weighted by Crippen LogP contribution is 2.22. The molecule has 0 fully saturated rings. The van der Waals surface area contributed by atoms with Crippen molar-refractivity contribution in [3.8, 4) is 0 Å². The normalized spacial score (nSPS) is 12.9. The van der Waals surface area contributed by atoms with Crippen LogP contribution in [0.3, 0.4) is 0 Å². The number of fused-ring (bicyclic) bond motifs is 1. The number of carbonyl (C=O) groups excluding carboxylic acids is 5. The van der Waals surface area contributed by atoms with Crippen LogP contribution in [0.25, 0.3) is 0 Å². The molecule has 1 heterocycles. The molecule has 0 saturated carbocycles. The van der Waals surface area contributed by atoms with Gasteiger partial charge in [-0.2, -0.15) is 0 Å². The highest BCUT2D eigenvalue weighted by atomic mass is 16.5. The molecule has 120 valence electrons. The first-order chi connectivity index (χ1) is 10.9. The van der Waals surface area contributed by atoms with E-state index >= 15 is 0 Å². The molecule has 0 spiro atoms. The first kappa shape index (κ1) is 16.3. The lowest BCUT2D eigenvalue weighted by atomic mass is 10.1. The van der Waals surface area contributed by atoms with E-state index in [4.69, 9.17) is 0 Å². The summed E-state index contributed by atoms with van der Waals surface area (Å²) in [5, 5.41) is 0. The van der Waals surface area contributed by atoms with Gasteiger partial charge in [-0.05, 0) is 12.1 Å². The molecular formula is C15H14N2O6. The van der Waals surface area contributed by atoms with Gasteiger partial charge in [0.05, 0.1) is 18.2 Å². The Morgan fingerprint density at radius 1 is 1.09 bits per heavy atom. The lowest BCUT2D eigenvalue weighted by molar-refractivity contribution is -0.153. The van der Waals surface area contributed by atoms with Gasteiger partial charge in [0.15, 0.2) is 0 Å². The highest BCUT2D eigenvalue weighted by molar-refractivity contribution is 6.22. The van der Waals surface area contributed by atoms with Gasteiger partial charge in [0.2, 0.25) is 11.8 Å². The van der Waals surface area contributed by atoms with Crippen LogP contribution in [-0.2, 0) is 19.1 Å². The van der Waals surface area contributed by atoms with Gasteiger partial charge in [-0.15, -0.1) is 0 Å². The minimum Gasteiger partial charge on any atom is -0.468 e. The molecule has 0 radical (unpaired) electrons. The van der Waals surface area contributed by atoms with Crippen LogP contribution in [0, 0.1) is 0 Å². The van der Waals surface area contributed by atoms with E-state index in [1.165, 1.54) is 12.1 Å². The Bertz CT molecular complexity index is 677. The molecule has 0 aromatic heterocycles. The summed E-state index contributed by atoms with van der Waals surface area (Å²) in [5.74, 6) is -3.52. The first-order valence-electron chi connectivity index (χ1n) is 6.69. The zero-order chi connectivity index (χ0) is 17.1. The third-order valence-corrected chi connectivity index (χ3v) is 3.37. The fourth-order valence-corrected chi connectivity index (χ4v) is 2.17. The van der Waals surface area contributed by atoms with Gasteiger partial charge in [0.1, 0.15) is 13.1 Å². The summed E-state index contributed by atoms with van der Waals surface area (Å²) in [6.07, 6.45) is 0. The van der Waals surface area contributed by atoms with Gasteiger partial charge in [0.25, 0.3) is 11.8 Å². The topological polar surface area (TPSA) is 101 Å². The highest BCUT2D eigenvalue weighted by Gasteiger charge is 2.37. The molecule has 1 aromatic carbocycles. The molecule has 0 aliphatic carbocycles. The number of carbonyl (C=O) groups is 5. The maximum Gasteiger partial charge on any atom is 0.325 e. The molecular weight excluding hydrogens is 304 g/mol. The number of nitrogens with zero attached hydrogens (tertiary/aromatic N) is 2. The van der Waals surface area contributed by atoms with Gasteiger partial charge in [-0.1, -0.05) is 12.1 Å². The van der Waals surface area contributed by atoms with Crippen molar-refractivity contribution in [2.24, 2.45) is 0 Å². The monoisotopic (exact) mass is 318 g/mol. The predicted octanol–water partition coefficient (Wildman–Crippen LogP) is -0.169. The standard InChI is InChI=1S/C15H14N2O6/c1-9(18)16(8-13(20)23-2)12(19)7-17-14(21)10-5-3-4-6-11(10)15(17)22/h3-6H,7-8H2,1-2H3. The maximum atomic E-state index is 12.2. The van der Waals surface area contributed by atoms with Gasteiger partial charge < -0.3 is 4.74 Å². The summed E-state index contributed by atoms with van der Waals surface area (Å²) < 4.78 is 4.41. The number of benzene rings is 1. The average Bonchev–Trinajstić information content (AvgIpc) is 2.77. The SMILES string of the molecule is COC(=O)CN(C(C)=O)C(=O)CN1C(=O)c2ccccc2C1=O. The third-order valence-electron chi connectivity index (χ3n) is 3.37. The van der Waals surface area contributed by atoms with Crippen molar-refractivity contribution in [1.82, 2.24) is 9.80 Å². The van der Waals surface area contributed by atoms with E-state index in [1.807, 2.05) is 0 Å². The fraction of sp³-hybridized carbons (Fsp3) is 0.267. The van der Waals surface area contributed by atoms with Crippen molar-refractivity contribution < 1.29 is 28.7 Å². The molecule has 0 saturated heterocycles. The number of rotatable bonds is 4. The van der Waals surface area contributed by atoms with Gasteiger partial charge in [-0.25, -0.2) is 0 Å². The average molecular weight is 318 g/mol. The first-order valence-corrected chi connectivity index (χ1v) is 6.69. The third kappa shape index (κ3) is 3.10. The molecule has 23 heavy (non-hydrogen) atoms. The fourth-order valence-electron chi connectivity index (χ4n) is 2.17. The summed E-state index contributed by atoms with van der Waals surface area (Å²) in [5.41, 5.74) is 0.403. The minimum absolute atomic E-state index is 0.202. The Balaban J connectivity index is 2.17. The Morgan fingerprint density at radius 2 is 1.61 bits per heavy atom. The lowest BCUT2D eigenvalue weighted by Gasteiger charge is -2.20. The van der Waals surface area contributed by atoms with Crippen LogP contribution in [0.15, 0.2) is 24.3 Å². The van der Waals surface area contributed by atoms with Crippen molar-refractivity contribution in [1.29, 1.82) is 0 Å². The number of hydrogen-bond donors (Lipinski definition) is 0. The molecule has 4 amide bonds. The number of esters is 1. The molecule has 0 atom stereocenters. The van der Waals surface area contributed by atoms with E-state index in [2.05, 4.69) is 4.74 Å². The van der Waals surface area contributed by atoms with E-state index in [9.17, 15) is 24.0 Å². The Hall–Kier alpha value is -3.03. The van der Waals surface area contributed by atoms with E-state index in [-0.39, 0.29) is 11.1 Å². The zero-order valence-corrected chi connectivity index (χ0v) is 12.6. The van der Waals surface area contributed by atoms with E-state index in [1.54, 1.807) is 12.1 Å². The zero-order valence-electron chi connectivity index (χ0n) is 12.6. The van der Waals surface area contributed by atoms with Crippen molar-refractivity contribution in [2.45, 2.75) is 6.92 Å². The Kier molecular flexibility index (Phi) is 4.54. The molecule has 0 bridgehead atoms. The van der Waals surface area contributed by atoms with Crippen LogP contribution >= 0.6 is 0 Å². The van der Waals surface area contributed by atoms with Crippen LogP contribution in [-0.4, -0.2) is 59.6 Å². The molecule has 1 aliphatic heterocycles. The van der Waals surface area contributed by atoms with Crippen LogP contribution in [0.5, 0.6) is 0 Å². The molecule has 1 aliphatic rings. The summed E-state index contributed by atoms with van der Waals surface area (Å²) >= 11 is 0. The lowest BCUT2D eigenvalue weighted by Crippen LogP contribution is -2.46. The molecule has 1 aromatic rings. The smallest absolute Gasteiger partial charge is 0.325 e. The molecule has 8 nitrogen and oxygen atoms in total. The second-order valence-corrected chi connectivity index (χ2v) is 4.82. The number of imide groups is 2. The van der Waals surface area contributed by atoms with Crippen LogP contribution < -0.4 is 0 Å². The maximum absolute atomic E-state index is 12.2. The molecule has 2 rings (SSSR count). The number of ether oxygens (including phenoxy) is 1. The van der Waals surface area contributed by atoms with Crippen molar-refractivity contribution >= 4 is 29.6 Å². The van der Waals surface area contributed by atoms with Crippen molar-refractivity contribution in [3.63, 3.8) is 0 Å². The largest absolute Gasteiger partial charge is 0.468 e. The number of methoxy groups -OCH3 is 1. The molecule has 8 heteroatoms. The second kappa shape index (κ2) is 6.39. The van der Waals surface area contributed by atoms with Crippen molar-refractivity contribution in [3.05, 3.63) is 35.4 Å². The van der Waals surface area contributed by atoms with Gasteiger partial charge in [-0.3, -0.25) is 33.8 Å². The molecule has 0 N–H and O–H groups in total. The summed E-state index contributed by atoms with van der Waals surface area (Å²) in [7, 11) is 1.12. The predicted molar refractivity (Wildman–Crippen MR) is 76.2 cm³/mol. The Morgan fingerprint density at radius 3 is 2.04 bits per heavy atom. The Labute approximate surface area is 131 Å². The quantitative estimate of drug-likeness (QED) is 0.564. The molecule has 0 unspecified atom stereocenters. The van der Waals surface area contributed by atoms with Gasteiger partial charge in [0, 0.05) is 6.92 Å². The van der Waals surface area contributed by atoms with Gasteiger partial charge >= 0.3 is 5.97 Å². The minimum atomic E-state index is -0.836. The number of hydrogen-bond acceptors (Lipinski definition) is 6. The number of amides is 4. The summed E-state index contributed by atoms with van der Waals surface area (Å²) in [6.45, 7) is -0.0973. The van der Waals surface area contributed by atoms with E-state index < -0.39 is 42.7 Å². The van der Waals surface area contributed by atoms with E-state index in [0.717, 1.165) is 18.9 Å². The van der Waals surface area contributed by atoms with E-state index in [0.29, 0.717) is 4.90 Å².